The Bertz CT molecular complexity index is 308. The molecule has 20 heavy (non-hydrogen) atoms. The second kappa shape index (κ2) is 7.81. The van der Waals surface area contributed by atoms with Crippen LogP contribution < -0.4 is 5.73 Å². The third kappa shape index (κ3) is 4.33. The topological polar surface area (TPSA) is 62.0 Å². The average molecular weight is 284 g/mol. The fraction of sp³-hybridized carbons (Fsp3) is 0.929. The molecule has 2 N–H and O–H groups in total. The fourth-order valence-electron chi connectivity index (χ4n) is 2.81. The summed E-state index contributed by atoms with van der Waals surface area (Å²) < 4.78 is 5.30. The van der Waals surface area contributed by atoms with Gasteiger partial charge >= 0.3 is 6.03 Å². The van der Waals surface area contributed by atoms with Gasteiger partial charge in [-0.15, -0.1) is 0 Å². The molecule has 0 spiro atoms. The molecule has 2 heterocycles. The predicted molar refractivity (Wildman–Crippen MR) is 78.6 cm³/mol. The minimum Gasteiger partial charge on any atom is -0.378 e. The number of nitrogens with two attached hydrogens (primary N) is 1. The largest absolute Gasteiger partial charge is 0.378 e. The lowest BCUT2D eigenvalue weighted by Gasteiger charge is -2.32. The molecule has 2 rings (SSSR count). The van der Waals surface area contributed by atoms with Gasteiger partial charge < -0.3 is 25.2 Å². The van der Waals surface area contributed by atoms with Crippen LogP contribution in [0.5, 0.6) is 0 Å². The summed E-state index contributed by atoms with van der Waals surface area (Å²) in [5, 5.41) is 0. The van der Waals surface area contributed by atoms with Gasteiger partial charge in [0.15, 0.2) is 0 Å². The number of urea groups is 1. The van der Waals surface area contributed by atoms with Crippen LogP contribution in [0, 0.1) is 5.92 Å². The van der Waals surface area contributed by atoms with Crippen molar-refractivity contribution in [3.63, 3.8) is 0 Å². The van der Waals surface area contributed by atoms with E-state index in [1.807, 2.05) is 9.80 Å². The van der Waals surface area contributed by atoms with Gasteiger partial charge in [0.25, 0.3) is 0 Å². The zero-order valence-electron chi connectivity index (χ0n) is 12.6. The Morgan fingerprint density at radius 2 is 1.80 bits per heavy atom. The lowest BCUT2D eigenvalue weighted by molar-refractivity contribution is 0.0436. The third-order valence-corrected chi connectivity index (χ3v) is 4.11. The Kier molecular flexibility index (Phi) is 6.06. The first-order valence-electron chi connectivity index (χ1n) is 7.74. The van der Waals surface area contributed by atoms with E-state index in [4.69, 9.17) is 10.5 Å². The van der Waals surface area contributed by atoms with Crippen molar-refractivity contribution in [2.75, 3.05) is 65.6 Å². The molecule has 1 unspecified atom stereocenters. The summed E-state index contributed by atoms with van der Waals surface area (Å²) in [6.45, 7) is 10.4. The second-order valence-electron chi connectivity index (χ2n) is 5.86. The first-order chi connectivity index (χ1) is 9.70. The number of morpholine rings is 1. The molecular formula is C14H28N4O2. The smallest absolute Gasteiger partial charge is 0.320 e. The molecule has 2 fully saturated rings. The molecule has 0 aromatic carbocycles. The van der Waals surface area contributed by atoms with Crippen molar-refractivity contribution >= 4 is 6.03 Å². The standard InChI is InChI=1S/C14H28N4O2/c1-13(11-15)12-16-3-2-4-17(6-5-16)14(19)18-7-9-20-10-8-18/h13H,2-12,15H2,1H3. The Morgan fingerprint density at radius 1 is 1.10 bits per heavy atom. The summed E-state index contributed by atoms with van der Waals surface area (Å²) in [4.78, 5) is 18.8. The molecule has 116 valence electrons. The maximum absolute atomic E-state index is 12.4. The molecule has 2 aliphatic rings. The highest BCUT2D eigenvalue weighted by Crippen LogP contribution is 2.09. The molecule has 6 heteroatoms. The third-order valence-electron chi connectivity index (χ3n) is 4.11. The van der Waals surface area contributed by atoms with E-state index in [-0.39, 0.29) is 6.03 Å². The van der Waals surface area contributed by atoms with Gasteiger partial charge in [0, 0.05) is 39.3 Å². The molecule has 0 aromatic heterocycles. The number of amides is 2. The second-order valence-corrected chi connectivity index (χ2v) is 5.86. The molecule has 1 atom stereocenters. The lowest BCUT2D eigenvalue weighted by atomic mass is 10.1. The normalized spacial score (nSPS) is 23.5. The minimum absolute atomic E-state index is 0.182. The van der Waals surface area contributed by atoms with E-state index in [0.29, 0.717) is 19.1 Å². The Hall–Kier alpha value is -0.850. The van der Waals surface area contributed by atoms with Crippen LogP contribution in [-0.4, -0.2) is 86.3 Å². The van der Waals surface area contributed by atoms with Crippen molar-refractivity contribution in [2.24, 2.45) is 11.7 Å². The molecule has 2 amide bonds. The van der Waals surface area contributed by atoms with E-state index in [1.54, 1.807) is 0 Å². The van der Waals surface area contributed by atoms with Crippen molar-refractivity contribution in [3.8, 4) is 0 Å². The number of carbonyl (C=O) groups excluding carboxylic acids is 1. The zero-order valence-corrected chi connectivity index (χ0v) is 12.6. The van der Waals surface area contributed by atoms with Gasteiger partial charge in [0.05, 0.1) is 13.2 Å². The molecule has 0 aromatic rings. The predicted octanol–water partition coefficient (Wildman–Crippen LogP) is 0.0411. The molecule has 0 saturated carbocycles. The van der Waals surface area contributed by atoms with Crippen LogP contribution in [0.15, 0.2) is 0 Å². The van der Waals surface area contributed by atoms with Crippen LogP contribution in [0.2, 0.25) is 0 Å². The van der Waals surface area contributed by atoms with Crippen molar-refractivity contribution in [1.29, 1.82) is 0 Å². The van der Waals surface area contributed by atoms with Crippen molar-refractivity contribution in [1.82, 2.24) is 14.7 Å². The minimum atomic E-state index is 0.182. The molecule has 0 radical (unpaired) electrons. The Balaban J connectivity index is 1.80. The SMILES string of the molecule is CC(CN)CN1CCCN(C(=O)N2CCOCC2)CC1. The lowest BCUT2D eigenvalue weighted by Crippen LogP contribution is -2.49. The maximum atomic E-state index is 12.4. The Morgan fingerprint density at radius 3 is 2.50 bits per heavy atom. The van der Waals surface area contributed by atoms with E-state index in [9.17, 15) is 4.79 Å². The number of ether oxygens (including phenoxy) is 1. The van der Waals surface area contributed by atoms with E-state index in [2.05, 4.69) is 11.8 Å². The number of carbonyl (C=O) groups is 1. The van der Waals surface area contributed by atoms with E-state index in [1.165, 1.54) is 0 Å². The van der Waals surface area contributed by atoms with Crippen molar-refractivity contribution < 1.29 is 9.53 Å². The van der Waals surface area contributed by atoms with Gasteiger partial charge in [-0.25, -0.2) is 4.79 Å². The first kappa shape index (κ1) is 15.5. The number of nitrogens with zero attached hydrogens (tertiary/aromatic N) is 3. The molecular weight excluding hydrogens is 256 g/mol. The van der Waals surface area contributed by atoms with Crippen LogP contribution in [-0.2, 0) is 4.74 Å². The van der Waals surface area contributed by atoms with E-state index in [0.717, 1.165) is 58.8 Å². The summed E-state index contributed by atoms with van der Waals surface area (Å²) in [5.74, 6) is 0.525. The zero-order chi connectivity index (χ0) is 14.4. The van der Waals surface area contributed by atoms with Crippen molar-refractivity contribution in [3.05, 3.63) is 0 Å². The molecule has 6 nitrogen and oxygen atoms in total. The monoisotopic (exact) mass is 284 g/mol. The molecule has 0 bridgehead atoms. The number of hydrogen-bond acceptors (Lipinski definition) is 4. The van der Waals surface area contributed by atoms with E-state index >= 15 is 0 Å². The van der Waals surface area contributed by atoms with Crippen LogP contribution in [0.25, 0.3) is 0 Å². The summed E-state index contributed by atoms with van der Waals surface area (Å²) in [6, 6.07) is 0.182. The summed E-state index contributed by atoms with van der Waals surface area (Å²) in [6.07, 6.45) is 1.05. The van der Waals surface area contributed by atoms with Crippen LogP contribution in [0.4, 0.5) is 4.79 Å². The Labute approximate surface area is 121 Å². The van der Waals surface area contributed by atoms with Crippen LogP contribution >= 0.6 is 0 Å². The summed E-state index contributed by atoms with van der Waals surface area (Å²) >= 11 is 0. The highest BCUT2D eigenvalue weighted by molar-refractivity contribution is 5.74. The van der Waals surface area contributed by atoms with Gasteiger partial charge in [-0.2, -0.15) is 0 Å². The van der Waals surface area contributed by atoms with Gasteiger partial charge in [-0.3, -0.25) is 0 Å². The first-order valence-corrected chi connectivity index (χ1v) is 7.74. The maximum Gasteiger partial charge on any atom is 0.320 e. The summed E-state index contributed by atoms with van der Waals surface area (Å²) in [5.41, 5.74) is 5.69. The fourth-order valence-corrected chi connectivity index (χ4v) is 2.81. The van der Waals surface area contributed by atoms with Crippen molar-refractivity contribution in [2.45, 2.75) is 13.3 Å². The van der Waals surface area contributed by atoms with Gasteiger partial charge in [-0.1, -0.05) is 6.92 Å². The number of hydrogen-bond donors (Lipinski definition) is 1. The molecule has 0 aliphatic carbocycles. The molecule has 2 aliphatic heterocycles. The quantitative estimate of drug-likeness (QED) is 0.795. The van der Waals surface area contributed by atoms with Crippen LogP contribution in [0.1, 0.15) is 13.3 Å². The average Bonchev–Trinajstić information content (AvgIpc) is 2.73. The van der Waals surface area contributed by atoms with Crippen LogP contribution in [0.3, 0.4) is 0 Å². The van der Waals surface area contributed by atoms with E-state index < -0.39 is 0 Å². The molecule has 2 saturated heterocycles. The summed E-state index contributed by atoms with van der Waals surface area (Å²) in [7, 11) is 0. The van der Waals surface area contributed by atoms with Gasteiger partial charge in [-0.05, 0) is 25.4 Å². The van der Waals surface area contributed by atoms with Gasteiger partial charge in [0.1, 0.15) is 0 Å². The highest BCUT2D eigenvalue weighted by Gasteiger charge is 2.25. The highest BCUT2D eigenvalue weighted by atomic mass is 16.5. The number of rotatable bonds is 3. The van der Waals surface area contributed by atoms with Gasteiger partial charge in [0.2, 0.25) is 0 Å².